The van der Waals surface area contributed by atoms with Gasteiger partial charge in [-0.05, 0) is 81.2 Å². The molecule has 2 aliphatic rings. The van der Waals surface area contributed by atoms with Gasteiger partial charge in [-0.1, -0.05) is 42.3 Å². The third kappa shape index (κ3) is 5.20. The number of ether oxygens (including phenoxy) is 1. The smallest absolute Gasteiger partial charge is 0.257 e. The molecule has 3 heterocycles. The molecule has 42 heavy (non-hydrogen) atoms. The summed E-state index contributed by atoms with van der Waals surface area (Å²) in [7, 11) is 0. The summed E-state index contributed by atoms with van der Waals surface area (Å²) >= 11 is 12.2. The van der Waals surface area contributed by atoms with Crippen LogP contribution in [0.4, 0.5) is 8.78 Å². The Hall–Kier alpha value is -2.66. The highest BCUT2D eigenvalue weighted by atomic mass is 35.5. The van der Waals surface area contributed by atoms with Crippen molar-refractivity contribution in [2.24, 2.45) is 0 Å². The van der Waals surface area contributed by atoms with Crippen LogP contribution in [0.3, 0.4) is 0 Å². The number of aliphatic hydroxyl groups is 2. The van der Waals surface area contributed by atoms with Crippen LogP contribution in [0, 0.1) is 5.82 Å². The number of piperidine rings is 1. The standard InChI is InChI=1S/C31H33Cl2F2N3O4/c1-3-30(41,29(35)10-12-36-13-11-29)21-14-25-27(26(34)15-21)31(42-18-19(2)39,20-4-6-22(32)7-5-20)38(28(25)40)17-24-9-8-23(33)16-37-24/h4-9,14-16,19,36,39,41H,3,10-13,17-18H2,1-2H3/t19-,30?,31-/m1/s1. The minimum absolute atomic E-state index is 0.0222. The van der Waals surface area contributed by atoms with Gasteiger partial charge in [0.1, 0.15) is 17.1 Å². The van der Waals surface area contributed by atoms with E-state index in [1.165, 1.54) is 24.1 Å². The lowest BCUT2D eigenvalue weighted by atomic mass is 9.71. The number of aromatic nitrogens is 1. The number of pyridine rings is 1. The Morgan fingerprint density at radius 3 is 2.40 bits per heavy atom. The molecule has 224 valence electrons. The molecule has 1 amide bonds. The average Bonchev–Trinajstić information content (AvgIpc) is 3.21. The summed E-state index contributed by atoms with van der Waals surface area (Å²) in [5.41, 5.74) is -5.29. The van der Waals surface area contributed by atoms with Gasteiger partial charge < -0.3 is 20.3 Å². The lowest BCUT2D eigenvalue weighted by molar-refractivity contribution is -0.132. The second-order valence-electron chi connectivity index (χ2n) is 11.0. The third-order valence-corrected chi connectivity index (χ3v) is 8.76. The van der Waals surface area contributed by atoms with Gasteiger partial charge in [0.05, 0.1) is 41.1 Å². The summed E-state index contributed by atoms with van der Waals surface area (Å²) in [5, 5.41) is 25.9. The number of amides is 1. The maximum Gasteiger partial charge on any atom is 0.257 e. The van der Waals surface area contributed by atoms with Gasteiger partial charge in [0.25, 0.3) is 5.91 Å². The van der Waals surface area contributed by atoms with E-state index in [1.807, 2.05) is 0 Å². The monoisotopic (exact) mass is 619 g/mol. The summed E-state index contributed by atoms with van der Waals surface area (Å²) in [6.07, 6.45) is 0.512. The molecule has 5 rings (SSSR count). The Morgan fingerprint density at radius 1 is 1.14 bits per heavy atom. The van der Waals surface area contributed by atoms with Crippen LogP contribution in [0.1, 0.15) is 65.9 Å². The predicted octanol–water partition coefficient (Wildman–Crippen LogP) is 5.47. The van der Waals surface area contributed by atoms with Gasteiger partial charge in [-0.25, -0.2) is 8.78 Å². The zero-order valence-corrected chi connectivity index (χ0v) is 24.9. The second-order valence-corrected chi connectivity index (χ2v) is 11.9. The molecule has 7 nitrogen and oxygen atoms in total. The highest BCUT2D eigenvalue weighted by molar-refractivity contribution is 6.30. The molecule has 1 unspecified atom stereocenters. The summed E-state index contributed by atoms with van der Waals surface area (Å²) in [5.74, 6) is -1.47. The summed E-state index contributed by atoms with van der Waals surface area (Å²) in [6, 6.07) is 12.2. The zero-order chi connectivity index (χ0) is 30.3. The van der Waals surface area contributed by atoms with Crippen LogP contribution < -0.4 is 5.32 Å². The van der Waals surface area contributed by atoms with E-state index in [0.29, 0.717) is 34.4 Å². The van der Waals surface area contributed by atoms with E-state index in [9.17, 15) is 15.0 Å². The first-order chi connectivity index (χ1) is 19.9. The SMILES string of the molecule is CCC(O)(c1cc(F)c2c(c1)C(=O)N(Cc1ccc(Cl)cn1)[C@@]2(OC[C@@H](C)O)c1ccc(Cl)cc1)C1(F)CCNCC1. The van der Waals surface area contributed by atoms with Crippen molar-refractivity contribution in [1.82, 2.24) is 15.2 Å². The van der Waals surface area contributed by atoms with Crippen molar-refractivity contribution in [3.8, 4) is 0 Å². The summed E-state index contributed by atoms with van der Waals surface area (Å²) in [4.78, 5) is 20.0. The fraction of sp³-hybridized carbons (Fsp3) is 0.419. The van der Waals surface area contributed by atoms with Crippen LogP contribution in [-0.2, 0) is 22.6 Å². The Labute approximate surface area is 253 Å². The molecule has 1 fully saturated rings. The van der Waals surface area contributed by atoms with Crippen molar-refractivity contribution in [2.75, 3.05) is 19.7 Å². The molecule has 0 radical (unpaired) electrons. The molecule has 2 aliphatic heterocycles. The zero-order valence-electron chi connectivity index (χ0n) is 23.3. The van der Waals surface area contributed by atoms with Crippen molar-refractivity contribution in [3.05, 3.63) is 98.5 Å². The highest BCUT2D eigenvalue weighted by Crippen LogP contribution is 2.51. The number of carbonyl (C=O) groups is 1. The lowest BCUT2D eigenvalue weighted by Gasteiger charge is -2.44. The molecular formula is C31H33Cl2F2N3O4. The Balaban J connectivity index is 1.74. The molecule has 1 aromatic heterocycles. The predicted molar refractivity (Wildman–Crippen MR) is 156 cm³/mol. The minimum Gasteiger partial charge on any atom is -0.391 e. The maximum absolute atomic E-state index is 16.6. The molecule has 0 aliphatic carbocycles. The number of rotatable bonds is 9. The summed E-state index contributed by atoms with van der Waals surface area (Å²) in [6.45, 7) is 3.51. The minimum atomic E-state index is -2.04. The number of benzene rings is 2. The number of aliphatic hydroxyl groups excluding tert-OH is 1. The van der Waals surface area contributed by atoms with Crippen molar-refractivity contribution in [2.45, 2.75) is 62.8 Å². The van der Waals surface area contributed by atoms with Crippen LogP contribution in [0.2, 0.25) is 10.0 Å². The van der Waals surface area contributed by atoms with Crippen molar-refractivity contribution in [1.29, 1.82) is 0 Å². The number of carbonyl (C=O) groups excluding carboxylic acids is 1. The topological polar surface area (TPSA) is 94.9 Å². The van der Waals surface area contributed by atoms with Crippen LogP contribution in [0.5, 0.6) is 0 Å². The number of fused-ring (bicyclic) bond motifs is 1. The molecule has 3 aromatic rings. The Morgan fingerprint density at radius 2 is 1.81 bits per heavy atom. The first kappa shape index (κ1) is 30.8. The lowest BCUT2D eigenvalue weighted by Crippen LogP contribution is -2.54. The van der Waals surface area contributed by atoms with Gasteiger partial charge in [0.15, 0.2) is 5.72 Å². The molecule has 2 aromatic carbocycles. The van der Waals surface area contributed by atoms with Gasteiger partial charge in [-0.2, -0.15) is 0 Å². The first-order valence-corrected chi connectivity index (χ1v) is 14.7. The van der Waals surface area contributed by atoms with Gasteiger partial charge in [-0.15, -0.1) is 0 Å². The van der Waals surface area contributed by atoms with E-state index in [0.717, 1.165) is 6.07 Å². The largest absolute Gasteiger partial charge is 0.391 e. The molecule has 1 saturated heterocycles. The van der Waals surface area contributed by atoms with E-state index in [4.69, 9.17) is 27.9 Å². The molecule has 0 saturated carbocycles. The average molecular weight is 621 g/mol. The van der Waals surface area contributed by atoms with Crippen LogP contribution in [0.25, 0.3) is 0 Å². The Kier molecular flexibility index (Phi) is 8.64. The molecule has 3 N–H and O–H groups in total. The number of hydrogen-bond donors (Lipinski definition) is 3. The summed E-state index contributed by atoms with van der Waals surface area (Å²) < 4.78 is 39.3. The van der Waals surface area contributed by atoms with Crippen LogP contribution >= 0.6 is 23.2 Å². The van der Waals surface area contributed by atoms with E-state index in [1.54, 1.807) is 43.3 Å². The maximum atomic E-state index is 16.6. The molecule has 0 bridgehead atoms. The third-order valence-electron chi connectivity index (χ3n) is 8.29. The van der Waals surface area contributed by atoms with E-state index >= 15 is 8.78 Å². The van der Waals surface area contributed by atoms with E-state index < -0.39 is 34.8 Å². The second kappa shape index (κ2) is 11.8. The highest BCUT2D eigenvalue weighted by Gasteiger charge is 2.57. The van der Waals surface area contributed by atoms with Crippen LogP contribution in [-0.4, -0.2) is 57.5 Å². The number of nitrogens with zero attached hydrogens (tertiary/aromatic N) is 2. The van der Waals surface area contributed by atoms with Crippen LogP contribution in [0.15, 0.2) is 54.7 Å². The van der Waals surface area contributed by atoms with Gasteiger partial charge in [0.2, 0.25) is 0 Å². The van der Waals surface area contributed by atoms with Gasteiger partial charge >= 0.3 is 0 Å². The number of nitrogens with one attached hydrogen (secondary N) is 1. The normalized spacial score (nSPS) is 22.1. The molecule has 11 heteroatoms. The van der Waals surface area contributed by atoms with Crippen molar-refractivity contribution >= 4 is 29.1 Å². The quantitative estimate of drug-likeness (QED) is 0.294. The molecule has 0 spiro atoms. The number of alkyl halides is 1. The molecule has 3 atom stereocenters. The number of halogens is 4. The first-order valence-electron chi connectivity index (χ1n) is 13.9. The van der Waals surface area contributed by atoms with E-state index in [2.05, 4.69) is 10.3 Å². The fourth-order valence-electron chi connectivity index (χ4n) is 6.09. The fourth-order valence-corrected chi connectivity index (χ4v) is 6.33. The van der Waals surface area contributed by atoms with Gasteiger partial charge in [0, 0.05) is 16.8 Å². The number of hydrogen-bond acceptors (Lipinski definition) is 6. The van der Waals surface area contributed by atoms with E-state index in [-0.39, 0.29) is 49.1 Å². The van der Waals surface area contributed by atoms with Crippen molar-refractivity contribution < 1.29 is 28.5 Å². The van der Waals surface area contributed by atoms with Crippen molar-refractivity contribution in [3.63, 3.8) is 0 Å². The Bertz CT molecular complexity index is 1450. The van der Waals surface area contributed by atoms with Gasteiger partial charge in [-0.3, -0.25) is 14.7 Å². The molecular weight excluding hydrogens is 587 g/mol.